The average Bonchev–Trinajstić information content (AvgIpc) is 2.43. The lowest BCUT2D eigenvalue weighted by atomic mass is 10.3. The third-order valence-corrected chi connectivity index (χ3v) is 4.66. The van der Waals surface area contributed by atoms with Crippen LogP contribution in [-0.2, 0) is 10.0 Å². The van der Waals surface area contributed by atoms with Gasteiger partial charge in [-0.15, -0.1) is 0 Å². The molecule has 1 heterocycles. The monoisotopic (exact) mass is 375 g/mol. The van der Waals surface area contributed by atoms with E-state index in [2.05, 4.69) is 31.0 Å². The standard InChI is InChI=1S/C12H11BrClN3O2S/c1-15-12-7-9(4-5-16-12)20(18,19)17-11-6-8(13)2-3-10(11)14/h2-7,17H,1H3,(H,15,16). The van der Waals surface area contributed by atoms with E-state index in [0.717, 1.165) is 4.47 Å². The van der Waals surface area contributed by atoms with Crippen LogP contribution in [0.15, 0.2) is 45.9 Å². The molecule has 1 aromatic heterocycles. The van der Waals surface area contributed by atoms with E-state index in [1.807, 2.05) is 0 Å². The SMILES string of the molecule is CNc1cc(S(=O)(=O)Nc2cc(Br)ccc2Cl)ccn1. The zero-order valence-corrected chi connectivity index (χ0v) is 13.6. The van der Waals surface area contributed by atoms with Crippen molar-refractivity contribution in [1.82, 2.24) is 4.98 Å². The molecule has 0 unspecified atom stereocenters. The number of rotatable bonds is 4. The van der Waals surface area contributed by atoms with E-state index in [9.17, 15) is 8.42 Å². The number of halogens is 2. The second kappa shape index (κ2) is 5.99. The van der Waals surface area contributed by atoms with Crippen molar-refractivity contribution in [2.24, 2.45) is 0 Å². The molecule has 0 saturated carbocycles. The molecule has 0 aliphatic heterocycles. The number of sulfonamides is 1. The number of hydrogen-bond donors (Lipinski definition) is 2. The highest BCUT2D eigenvalue weighted by atomic mass is 79.9. The van der Waals surface area contributed by atoms with Gasteiger partial charge in [-0.25, -0.2) is 13.4 Å². The number of anilines is 2. The zero-order valence-electron chi connectivity index (χ0n) is 10.4. The summed E-state index contributed by atoms with van der Waals surface area (Å²) in [5, 5.41) is 3.11. The van der Waals surface area contributed by atoms with Crippen molar-refractivity contribution in [1.29, 1.82) is 0 Å². The Bertz CT molecular complexity index is 737. The largest absolute Gasteiger partial charge is 0.373 e. The number of benzene rings is 1. The summed E-state index contributed by atoms with van der Waals surface area (Å²) in [6, 6.07) is 7.78. The zero-order chi connectivity index (χ0) is 14.8. The van der Waals surface area contributed by atoms with Crippen LogP contribution >= 0.6 is 27.5 Å². The van der Waals surface area contributed by atoms with Crippen LogP contribution in [0.1, 0.15) is 0 Å². The van der Waals surface area contributed by atoms with Crippen molar-refractivity contribution >= 4 is 49.1 Å². The summed E-state index contributed by atoms with van der Waals surface area (Å²) in [7, 11) is -2.06. The lowest BCUT2D eigenvalue weighted by molar-refractivity contribution is 0.601. The Kier molecular flexibility index (Phi) is 4.52. The average molecular weight is 377 g/mol. The van der Waals surface area contributed by atoms with Gasteiger partial charge in [-0.05, 0) is 24.3 Å². The van der Waals surface area contributed by atoms with Gasteiger partial charge in [-0.3, -0.25) is 4.72 Å². The van der Waals surface area contributed by atoms with Crippen molar-refractivity contribution in [3.05, 3.63) is 46.0 Å². The molecule has 106 valence electrons. The maximum Gasteiger partial charge on any atom is 0.262 e. The molecular formula is C12H11BrClN3O2S. The molecule has 2 rings (SSSR count). The van der Waals surface area contributed by atoms with Crippen molar-refractivity contribution < 1.29 is 8.42 Å². The molecule has 0 atom stereocenters. The Morgan fingerprint density at radius 3 is 2.70 bits per heavy atom. The molecule has 2 N–H and O–H groups in total. The van der Waals surface area contributed by atoms with Crippen LogP contribution in [0.3, 0.4) is 0 Å². The molecule has 0 fully saturated rings. The van der Waals surface area contributed by atoms with Gasteiger partial charge in [-0.1, -0.05) is 27.5 Å². The van der Waals surface area contributed by atoms with Crippen LogP contribution in [0.25, 0.3) is 0 Å². The molecule has 0 saturated heterocycles. The molecule has 2 aromatic rings. The van der Waals surface area contributed by atoms with Crippen molar-refractivity contribution in [3.63, 3.8) is 0 Å². The topological polar surface area (TPSA) is 71.1 Å². The summed E-state index contributed by atoms with van der Waals surface area (Å²) < 4.78 is 27.8. The van der Waals surface area contributed by atoms with Gasteiger partial charge >= 0.3 is 0 Å². The normalized spacial score (nSPS) is 11.2. The smallest absolute Gasteiger partial charge is 0.262 e. The number of nitrogens with one attached hydrogen (secondary N) is 2. The van der Waals surface area contributed by atoms with Gasteiger partial charge in [0, 0.05) is 23.8 Å². The van der Waals surface area contributed by atoms with E-state index in [1.165, 1.54) is 18.3 Å². The molecule has 1 aromatic carbocycles. The maximum absolute atomic E-state index is 12.3. The first kappa shape index (κ1) is 15.1. The fourth-order valence-corrected chi connectivity index (χ4v) is 3.16. The van der Waals surface area contributed by atoms with E-state index >= 15 is 0 Å². The Morgan fingerprint density at radius 2 is 2.00 bits per heavy atom. The molecule has 0 bridgehead atoms. The minimum absolute atomic E-state index is 0.105. The first-order valence-electron chi connectivity index (χ1n) is 5.54. The van der Waals surface area contributed by atoms with E-state index in [1.54, 1.807) is 25.2 Å². The molecular weight excluding hydrogens is 366 g/mol. The third kappa shape index (κ3) is 3.41. The maximum atomic E-state index is 12.3. The Labute approximate surface area is 130 Å². The predicted octanol–water partition coefficient (Wildman–Crippen LogP) is 3.34. The highest BCUT2D eigenvalue weighted by Crippen LogP contribution is 2.28. The molecule has 5 nitrogen and oxygen atoms in total. The molecule has 0 aliphatic rings. The fraction of sp³-hybridized carbons (Fsp3) is 0.0833. The Hall–Kier alpha value is -1.31. The van der Waals surface area contributed by atoms with Gasteiger partial charge in [0.25, 0.3) is 10.0 Å². The van der Waals surface area contributed by atoms with Crippen LogP contribution in [0.5, 0.6) is 0 Å². The first-order chi connectivity index (χ1) is 9.42. The van der Waals surface area contributed by atoms with Crippen LogP contribution in [-0.4, -0.2) is 20.4 Å². The van der Waals surface area contributed by atoms with Gasteiger partial charge in [0.05, 0.1) is 15.6 Å². The van der Waals surface area contributed by atoms with Gasteiger partial charge in [0.1, 0.15) is 5.82 Å². The minimum Gasteiger partial charge on any atom is -0.373 e. The number of aromatic nitrogens is 1. The second-order valence-corrected chi connectivity index (χ2v) is 6.86. The van der Waals surface area contributed by atoms with E-state index in [4.69, 9.17) is 11.6 Å². The van der Waals surface area contributed by atoms with Gasteiger partial charge in [0.15, 0.2) is 0 Å². The van der Waals surface area contributed by atoms with Crippen LogP contribution in [0.2, 0.25) is 5.02 Å². The summed E-state index contributed by atoms with van der Waals surface area (Å²) in [6.07, 6.45) is 1.42. The molecule has 0 amide bonds. The first-order valence-corrected chi connectivity index (χ1v) is 8.19. The Balaban J connectivity index is 2.38. The van der Waals surface area contributed by atoms with Gasteiger partial charge in [-0.2, -0.15) is 0 Å². The molecule has 0 aliphatic carbocycles. The minimum atomic E-state index is -3.72. The summed E-state index contributed by atoms with van der Waals surface area (Å²) in [6.45, 7) is 0. The van der Waals surface area contributed by atoms with Crippen molar-refractivity contribution in [2.45, 2.75) is 4.90 Å². The van der Waals surface area contributed by atoms with E-state index < -0.39 is 10.0 Å². The highest BCUT2D eigenvalue weighted by molar-refractivity contribution is 9.10. The van der Waals surface area contributed by atoms with Crippen molar-refractivity contribution in [3.8, 4) is 0 Å². The summed E-state index contributed by atoms with van der Waals surface area (Å²) >= 11 is 9.25. The second-order valence-electron chi connectivity index (χ2n) is 3.86. The molecule has 0 spiro atoms. The summed E-state index contributed by atoms with van der Waals surface area (Å²) in [4.78, 5) is 4.08. The lowest BCUT2D eigenvalue weighted by Crippen LogP contribution is -2.13. The van der Waals surface area contributed by atoms with Crippen LogP contribution < -0.4 is 10.0 Å². The molecule has 0 radical (unpaired) electrons. The quantitative estimate of drug-likeness (QED) is 0.858. The highest BCUT2D eigenvalue weighted by Gasteiger charge is 2.16. The van der Waals surface area contributed by atoms with E-state index in [-0.39, 0.29) is 4.90 Å². The fourth-order valence-electron chi connectivity index (χ4n) is 1.49. The summed E-state index contributed by atoms with van der Waals surface area (Å²) in [5.41, 5.74) is 0.309. The summed E-state index contributed by atoms with van der Waals surface area (Å²) in [5.74, 6) is 0.466. The van der Waals surface area contributed by atoms with Crippen molar-refractivity contribution in [2.75, 3.05) is 17.1 Å². The molecule has 20 heavy (non-hydrogen) atoms. The third-order valence-electron chi connectivity index (χ3n) is 2.47. The van der Waals surface area contributed by atoms with Gasteiger partial charge < -0.3 is 5.32 Å². The molecule has 8 heteroatoms. The van der Waals surface area contributed by atoms with Crippen LogP contribution in [0.4, 0.5) is 11.5 Å². The van der Waals surface area contributed by atoms with E-state index in [0.29, 0.717) is 16.5 Å². The van der Waals surface area contributed by atoms with Gasteiger partial charge in [0.2, 0.25) is 0 Å². The number of hydrogen-bond acceptors (Lipinski definition) is 4. The number of nitrogens with zero attached hydrogens (tertiary/aromatic N) is 1. The number of pyridine rings is 1. The lowest BCUT2D eigenvalue weighted by Gasteiger charge is -2.10. The van der Waals surface area contributed by atoms with Crippen LogP contribution in [0, 0.1) is 0 Å². The predicted molar refractivity (Wildman–Crippen MR) is 83.7 cm³/mol. The Morgan fingerprint density at radius 1 is 1.25 bits per heavy atom.